The van der Waals surface area contributed by atoms with E-state index in [1.165, 1.54) is 129 Å². The van der Waals surface area contributed by atoms with Crippen LogP contribution in [-0.4, -0.2) is 50.5 Å². The van der Waals surface area contributed by atoms with Gasteiger partial charge in [-0.25, -0.2) is 0 Å². The molecule has 1 rings (SSSR count). The SMILES string of the molecule is CCCCCC=CCC=CCCCCCCCCOCC(COCCCCCCCC)N1CCC1. The topological polar surface area (TPSA) is 21.7 Å². The molecule has 1 aliphatic rings. The van der Waals surface area contributed by atoms with Gasteiger partial charge in [-0.15, -0.1) is 0 Å². The molecular formula is C32H61NO2. The average molecular weight is 492 g/mol. The van der Waals surface area contributed by atoms with Crippen molar-refractivity contribution in [3.63, 3.8) is 0 Å². The third-order valence-electron chi connectivity index (χ3n) is 7.16. The molecule has 1 fully saturated rings. The van der Waals surface area contributed by atoms with Gasteiger partial charge in [0, 0.05) is 13.2 Å². The highest BCUT2D eigenvalue weighted by molar-refractivity contribution is 4.92. The average Bonchev–Trinajstić information content (AvgIpc) is 2.83. The quantitative estimate of drug-likeness (QED) is 0.0844. The Balaban J connectivity index is 1.88. The third-order valence-corrected chi connectivity index (χ3v) is 7.16. The summed E-state index contributed by atoms with van der Waals surface area (Å²) in [5.74, 6) is 0. The van der Waals surface area contributed by atoms with Crippen LogP contribution in [0.15, 0.2) is 24.3 Å². The molecule has 3 nitrogen and oxygen atoms in total. The molecule has 0 N–H and O–H groups in total. The normalized spacial score (nSPS) is 15.4. The minimum atomic E-state index is 0.466. The van der Waals surface area contributed by atoms with Crippen LogP contribution in [-0.2, 0) is 9.47 Å². The molecular weight excluding hydrogens is 430 g/mol. The maximum Gasteiger partial charge on any atom is 0.0644 e. The fraction of sp³-hybridized carbons (Fsp3) is 0.875. The molecule has 3 heteroatoms. The molecule has 0 spiro atoms. The van der Waals surface area contributed by atoms with Gasteiger partial charge in [0.05, 0.1) is 19.3 Å². The number of rotatable bonds is 27. The van der Waals surface area contributed by atoms with Crippen molar-refractivity contribution in [3.05, 3.63) is 24.3 Å². The lowest BCUT2D eigenvalue weighted by molar-refractivity contribution is -0.0187. The summed E-state index contributed by atoms with van der Waals surface area (Å²) in [6, 6.07) is 0.466. The van der Waals surface area contributed by atoms with E-state index in [9.17, 15) is 0 Å². The molecule has 1 saturated heterocycles. The fourth-order valence-electron chi connectivity index (χ4n) is 4.58. The Bertz CT molecular complexity index is 472. The van der Waals surface area contributed by atoms with Gasteiger partial charge in [0.15, 0.2) is 0 Å². The Morgan fingerprint density at radius 3 is 1.54 bits per heavy atom. The van der Waals surface area contributed by atoms with E-state index in [-0.39, 0.29) is 0 Å². The second-order valence-corrected chi connectivity index (χ2v) is 10.5. The van der Waals surface area contributed by atoms with Crippen LogP contribution in [0, 0.1) is 0 Å². The highest BCUT2D eigenvalue weighted by Gasteiger charge is 2.24. The molecule has 1 unspecified atom stereocenters. The molecule has 0 aromatic heterocycles. The largest absolute Gasteiger partial charge is 0.380 e. The molecule has 1 heterocycles. The highest BCUT2D eigenvalue weighted by atomic mass is 16.5. The van der Waals surface area contributed by atoms with Crippen molar-refractivity contribution < 1.29 is 9.47 Å². The van der Waals surface area contributed by atoms with Crippen molar-refractivity contribution in [2.45, 2.75) is 142 Å². The van der Waals surface area contributed by atoms with Crippen molar-refractivity contribution in [1.82, 2.24) is 4.90 Å². The van der Waals surface area contributed by atoms with E-state index in [1.807, 2.05) is 0 Å². The zero-order valence-electron chi connectivity index (χ0n) is 23.8. The third kappa shape index (κ3) is 21.2. The lowest BCUT2D eigenvalue weighted by Crippen LogP contribution is -2.49. The summed E-state index contributed by atoms with van der Waals surface area (Å²) >= 11 is 0. The molecule has 35 heavy (non-hydrogen) atoms. The summed E-state index contributed by atoms with van der Waals surface area (Å²) < 4.78 is 12.1. The van der Waals surface area contributed by atoms with Gasteiger partial charge in [-0.05, 0) is 64.5 Å². The van der Waals surface area contributed by atoms with Gasteiger partial charge in [0.1, 0.15) is 0 Å². The number of hydrogen-bond donors (Lipinski definition) is 0. The van der Waals surface area contributed by atoms with Crippen LogP contribution in [0.4, 0.5) is 0 Å². The van der Waals surface area contributed by atoms with E-state index in [0.717, 1.165) is 32.8 Å². The fourth-order valence-corrected chi connectivity index (χ4v) is 4.58. The summed E-state index contributed by atoms with van der Waals surface area (Å²) in [5.41, 5.74) is 0. The van der Waals surface area contributed by atoms with Crippen molar-refractivity contribution in [2.24, 2.45) is 0 Å². The van der Waals surface area contributed by atoms with Crippen molar-refractivity contribution in [3.8, 4) is 0 Å². The summed E-state index contributed by atoms with van der Waals surface area (Å²) in [5, 5.41) is 0. The molecule has 1 aliphatic heterocycles. The van der Waals surface area contributed by atoms with E-state index in [0.29, 0.717) is 6.04 Å². The summed E-state index contributed by atoms with van der Waals surface area (Å²) in [6.45, 7) is 10.5. The van der Waals surface area contributed by atoms with Crippen molar-refractivity contribution >= 4 is 0 Å². The minimum absolute atomic E-state index is 0.466. The Kier molecular flexibility index (Phi) is 24.5. The summed E-state index contributed by atoms with van der Waals surface area (Å²) in [6.07, 6.45) is 34.2. The molecule has 0 saturated carbocycles. The summed E-state index contributed by atoms with van der Waals surface area (Å²) in [4.78, 5) is 2.54. The monoisotopic (exact) mass is 491 g/mol. The van der Waals surface area contributed by atoms with Crippen molar-refractivity contribution in [1.29, 1.82) is 0 Å². The minimum Gasteiger partial charge on any atom is -0.380 e. The second-order valence-electron chi connectivity index (χ2n) is 10.5. The van der Waals surface area contributed by atoms with Crippen LogP contribution in [0.25, 0.3) is 0 Å². The van der Waals surface area contributed by atoms with Crippen LogP contribution in [0.1, 0.15) is 136 Å². The predicted octanol–water partition coefficient (Wildman–Crippen LogP) is 9.27. The number of hydrogen-bond acceptors (Lipinski definition) is 3. The molecule has 0 amide bonds. The lowest BCUT2D eigenvalue weighted by Gasteiger charge is -2.38. The first-order valence-corrected chi connectivity index (χ1v) is 15.6. The lowest BCUT2D eigenvalue weighted by atomic mass is 10.1. The Morgan fingerprint density at radius 2 is 1.03 bits per heavy atom. The van der Waals surface area contributed by atoms with Gasteiger partial charge in [0.25, 0.3) is 0 Å². The van der Waals surface area contributed by atoms with E-state index in [1.54, 1.807) is 0 Å². The van der Waals surface area contributed by atoms with Crippen LogP contribution < -0.4 is 0 Å². The predicted molar refractivity (Wildman–Crippen MR) is 154 cm³/mol. The van der Waals surface area contributed by atoms with Gasteiger partial charge >= 0.3 is 0 Å². The molecule has 0 bridgehead atoms. The standard InChI is InChI=1S/C32H61NO2/c1-3-5-7-9-11-12-13-14-15-16-17-18-19-20-22-24-29-35-31-32(33-26-25-27-33)30-34-28-23-21-10-8-6-4-2/h11-12,14-15,32H,3-10,13,16-31H2,1-2H3. The van der Waals surface area contributed by atoms with Gasteiger partial charge in [-0.3, -0.25) is 4.90 Å². The maximum absolute atomic E-state index is 6.06. The zero-order chi connectivity index (χ0) is 25.1. The number of unbranched alkanes of at least 4 members (excludes halogenated alkanes) is 14. The molecule has 0 radical (unpaired) electrons. The van der Waals surface area contributed by atoms with Crippen LogP contribution in [0.3, 0.4) is 0 Å². The Morgan fingerprint density at radius 1 is 0.571 bits per heavy atom. The maximum atomic E-state index is 6.06. The van der Waals surface area contributed by atoms with E-state index in [4.69, 9.17) is 9.47 Å². The molecule has 0 aromatic carbocycles. The number of allylic oxidation sites excluding steroid dienone is 4. The van der Waals surface area contributed by atoms with Crippen molar-refractivity contribution in [2.75, 3.05) is 39.5 Å². The van der Waals surface area contributed by atoms with Gasteiger partial charge < -0.3 is 9.47 Å². The molecule has 0 aromatic rings. The van der Waals surface area contributed by atoms with Crippen LogP contribution >= 0.6 is 0 Å². The zero-order valence-corrected chi connectivity index (χ0v) is 23.8. The molecule has 1 atom stereocenters. The number of nitrogens with zero attached hydrogens (tertiary/aromatic N) is 1. The van der Waals surface area contributed by atoms with Crippen LogP contribution in [0.2, 0.25) is 0 Å². The van der Waals surface area contributed by atoms with Gasteiger partial charge in [-0.1, -0.05) is 109 Å². The van der Waals surface area contributed by atoms with Crippen LogP contribution in [0.5, 0.6) is 0 Å². The molecule has 0 aliphatic carbocycles. The first-order valence-electron chi connectivity index (χ1n) is 15.6. The highest BCUT2D eigenvalue weighted by Crippen LogP contribution is 2.14. The Hall–Kier alpha value is -0.640. The number of ether oxygens (including phenoxy) is 2. The smallest absolute Gasteiger partial charge is 0.0644 e. The first kappa shape index (κ1) is 32.4. The van der Waals surface area contributed by atoms with E-state index in [2.05, 4.69) is 43.1 Å². The molecule has 206 valence electrons. The number of likely N-dealkylation sites (tertiary alicyclic amines) is 1. The summed E-state index contributed by atoms with van der Waals surface area (Å²) in [7, 11) is 0. The second kappa shape index (κ2) is 26.4. The van der Waals surface area contributed by atoms with Gasteiger partial charge in [-0.2, -0.15) is 0 Å². The van der Waals surface area contributed by atoms with E-state index >= 15 is 0 Å². The Labute approximate surface area is 220 Å². The van der Waals surface area contributed by atoms with Gasteiger partial charge in [0.2, 0.25) is 0 Å². The first-order chi connectivity index (χ1) is 17.4. The van der Waals surface area contributed by atoms with E-state index < -0.39 is 0 Å².